The number of hydrogen-bond acceptors (Lipinski definition) is 5. The molecule has 1 aromatic heterocycles. The van der Waals surface area contributed by atoms with Gasteiger partial charge in [0.05, 0.1) is 12.8 Å². The van der Waals surface area contributed by atoms with E-state index in [1.165, 1.54) is 10.8 Å². The molecule has 7 heteroatoms. The number of rotatable bonds is 5. The molecule has 2 N–H and O–H groups in total. The minimum atomic E-state index is -0.505. The standard InChI is InChI=1S/C15H15N3O3S/c1-3-7-18-14(20)12(13(19)17-15(18)22)9-16-10-5-4-6-11(8-10)21-2/h3-6,8-9,20H,1,7H2,2H3,(H,17,19,22). The third-order valence-electron chi connectivity index (χ3n) is 2.91. The van der Waals surface area contributed by atoms with Crippen molar-refractivity contribution >= 4 is 24.1 Å². The zero-order chi connectivity index (χ0) is 16.1. The third kappa shape index (κ3) is 3.32. The van der Waals surface area contributed by atoms with Crippen molar-refractivity contribution in [2.45, 2.75) is 6.54 Å². The first-order chi connectivity index (χ1) is 10.6. The second-order valence-corrected chi connectivity index (χ2v) is 4.74. The molecule has 0 aliphatic rings. The largest absolute Gasteiger partial charge is 0.497 e. The highest BCUT2D eigenvalue weighted by molar-refractivity contribution is 7.71. The summed E-state index contributed by atoms with van der Waals surface area (Å²) >= 11 is 5.00. The van der Waals surface area contributed by atoms with E-state index in [1.54, 1.807) is 37.5 Å². The van der Waals surface area contributed by atoms with Crippen LogP contribution in [0.15, 0.2) is 46.7 Å². The van der Waals surface area contributed by atoms with Gasteiger partial charge >= 0.3 is 0 Å². The highest BCUT2D eigenvalue weighted by Crippen LogP contribution is 2.20. The SMILES string of the molecule is C=CCn1c(O)c(C=Nc2cccc(OC)c2)c(=O)[nH]c1=S. The molecular weight excluding hydrogens is 302 g/mol. The van der Waals surface area contributed by atoms with Gasteiger partial charge in [0.2, 0.25) is 5.88 Å². The number of methoxy groups -OCH3 is 1. The van der Waals surface area contributed by atoms with Gasteiger partial charge in [-0.2, -0.15) is 0 Å². The van der Waals surface area contributed by atoms with Crippen LogP contribution in [0.5, 0.6) is 11.6 Å². The fourth-order valence-corrected chi connectivity index (χ4v) is 2.07. The number of benzene rings is 1. The molecule has 0 aliphatic carbocycles. The van der Waals surface area contributed by atoms with Crippen LogP contribution >= 0.6 is 12.2 Å². The van der Waals surface area contributed by atoms with E-state index in [0.29, 0.717) is 11.4 Å². The monoisotopic (exact) mass is 317 g/mol. The van der Waals surface area contributed by atoms with Gasteiger partial charge in [-0.15, -0.1) is 6.58 Å². The number of aromatic hydroxyl groups is 1. The smallest absolute Gasteiger partial charge is 0.264 e. The maximum absolute atomic E-state index is 11.9. The van der Waals surface area contributed by atoms with Gasteiger partial charge < -0.3 is 9.84 Å². The molecule has 0 radical (unpaired) electrons. The first-order valence-corrected chi connectivity index (χ1v) is 6.82. The summed E-state index contributed by atoms with van der Waals surface area (Å²) in [6, 6.07) is 7.03. The first-order valence-electron chi connectivity index (χ1n) is 6.42. The molecule has 0 spiro atoms. The average Bonchev–Trinajstić information content (AvgIpc) is 2.51. The molecular formula is C15H15N3O3S. The lowest BCUT2D eigenvalue weighted by Crippen LogP contribution is -2.18. The van der Waals surface area contributed by atoms with E-state index in [9.17, 15) is 9.90 Å². The van der Waals surface area contributed by atoms with Crippen molar-refractivity contribution in [3.8, 4) is 11.6 Å². The fraction of sp³-hybridized carbons (Fsp3) is 0.133. The molecule has 1 aromatic carbocycles. The van der Waals surface area contributed by atoms with Gasteiger partial charge in [0.15, 0.2) is 4.77 Å². The van der Waals surface area contributed by atoms with Gasteiger partial charge in [-0.05, 0) is 24.4 Å². The summed E-state index contributed by atoms with van der Waals surface area (Å²) in [5.74, 6) is 0.399. The first kappa shape index (κ1) is 15.7. The summed E-state index contributed by atoms with van der Waals surface area (Å²) in [4.78, 5) is 18.6. The van der Waals surface area contributed by atoms with Gasteiger partial charge in [0.1, 0.15) is 11.3 Å². The van der Waals surface area contributed by atoms with E-state index in [1.807, 2.05) is 0 Å². The van der Waals surface area contributed by atoms with Crippen molar-refractivity contribution < 1.29 is 9.84 Å². The van der Waals surface area contributed by atoms with Crippen molar-refractivity contribution in [3.63, 3.8) is 0 Å². The second kappa shape index (κ2) is 6.86. The van der Waals surface area contributed by atoms with Crippen LogP contribution in [-0.4, -0.2) is 28.0 Å². The number of hydrogen-bond donors (Lipinski definition) is 2. The Morgan fingerprint density at radius 3 is 3.00 bits per heavy atom. The van der Waals surface area contributed by atoms with Crippen LogP contribution in [0, 0.1) is 4.77 Å². The lowest BCUT2D eigenvalue weighted by Gasteiger charge is -2.08. The summed E-state index contributed by atoms with van der Waals surface area (Å²) in [5.41, 5.74) is 0.114. The van der Waals surface area contributed by atoms with Crippen LogP contribution in [0.25, 0.3) is 0 Å². The molecule has 0 atom stereocenters. The predicted molar refractivity (Wildman–Crippen MR) is 88.0 cm³/mol. The number of aromatic nitrogens is 2. The third-order valence-corrected chi connectivity index (χ3v) is 3.24. The van der Waals surface area contributed by atoms with E-state index in [2.05, 4.69) is 16.6 Å². The molecule has 2 aromatic rings. The summed E-state index contributed by atoms with van der Waals surface area (Å²) in [6.45, 7) is 3.86. The quantitative estimate of drug-likeness (QED) is 0.504. The Labute approximate surface area is 132 Å². The van der Waals surface area contributed by atoms with Crippen LogP contribution in [-0.2, 0) is 6.54 Å². The minimum absolute atomic E-state index is 0.0262. The Morgan fingerprint density at radius 1 is 1.55 bits per heavy atom. The van der Waals surface area contributed by atoms with Crippen LogP contribution in [0.4, 0.5) is 5.69 Å². The van der Waals surface area contributed by atoms with Crippen molar-refractivity contribution in [2.75, 3.05) is 7.11 Å². The van der Waals surface area contributed by atoms with Crippen molar-refractivity contribution in [1.29, 1.82) is 0 Å². The van der Waals surface area contributed by atoms with Gasteiger partial charge in [0.25, 0.3) is 5.56 Å². The Bertz CT molecular complexity index is 837. The molecule has 2 rings (SSSR count). The maximum Gasteiger partial charge on any atom is 0.264 e. The van der Waals surface area contributed by atoms with E-state index in [0.717, 1.165) is 0 Å². The van der Waals surface area contributed by atoms with Gasteiger partial charge in [-0.25, -0.2) is 0 Å². The minimum Gasteiger partial charge on any atom is -0.497 e. The Balaban J connectivity index is 2.46. The molecule has 0 unspecified atom stereocenters. The van der Waals surface area contributed by atoms with Gasteiger partial charge in [0, 0.05) is 18.8 Å². The molecule has 6 nitrogen and oxygen atoms in total. The average molecular weight is 317 g/mol. The van der Waals surface area contributed by atoms with Crippen molar-refractivity contribution in [1.82, 2.24) is 9.55 Å². The van der Waals surface area contributed by atoms with E-state index >= 15 is 0 Å². The number of nitrogens with zero attached hydrogens (tertiary/aromatic N) is 2. The molecule has 22 heavy (non-hydrogen) atoms. The molecule has 0 amide bonds. The predicted octanol–water partition coefficient (Wildman–Crippen LogP) is 2.56. The zero-order valence-corrected chi connectivity index (χ0v) is 12.8. The van der Waals surface area contributed by atoms with E-state index in [4.69, 9.17) is 17.0 Å². The Hall–Kier alpha value is -2.67. The Morgan fingerprint density at radius 2 is 2.32 bits per heavy atom. The fourth-order valence-electron chi connectivity index (χ4n) is 1.82. The van der Waals surface area contributed by atoms with Crippen LogP contribution in [0.1, 0.15) is 5.56 Å². The highest BCUT2D eigenvalue weighted by atomic mass is 32.1. The van der Waals surface area contributed by atoms with Crippen LogP contribution in [0.3, 0.4) is 0 Å². The van der Waals surface area contributed by atoms with Crippen LogP contribution in [0.2, 0.25) is 0 Å². The Kier molecular flexibility index (Phi) is 4.90. The number of aromatic amines is 1. The topological polar surface area (TPSA) is 79.6 Å². The molecule has 0 aliphatic heterocycles. The molecule has 0 fully saturated rings. The lowest BCUT2D eigenvalue weighted by atomic mass is 10.3. The lowest BCUT2D eigenvalue weighted by molar-refractivity contribution is 0.413. The summed E-state index contributed by atoms with van der Waals surface area (Å²) in [5, 5.41) is 10.2. The number of nitrogens with one attached hydrogen (secondary N) is 1. The molecule has 0 saturated heterocycles. The summed E-state index contributed by atoms with van der Waals surface area (Å²) < 4.78 is 6.58. The van der Waals surface area contributed by atoms with E-state index < -0.39 is 5.56 Å². The number of allylic oxidation sites excluding steroid dienone is 1. The number of H-pyrrole nitrogens is 1. The summed E-state index contributed by atoms with van der Waals surface area (Å²) in [7, 11) is 1.56. The van der Waals surface area contributed by atoms with Crippen molar-refractivity contribution in [3.05, 3.63) is 57.6 Å². The molecule has 0 saturated carbocycles. The zero-order valence-electron chi connectivity index (χ0n) is 11.9. The van der Waals surface area contributed by atoms with Crippen molar-refractivity contribution in [2.24, 2.45) is 4.99 Å². The second-order valence-electron chi connectivity index (χ2n) is 4.36. The van der Waals surface area contributed by atoms with Crippen LogP contribution < -0.4 is 10.3 Å². The summed E-state index contributed by atoms with van der Waals surface area (Å²) in [6.07, 6.45) is 2.86. The maximum atomic E-state index is 11.9. The normalized spacial score (nSPS) is 10.8. The van der Waals surface area contributed by atoms with Gasteiger partial charge in [-0.3, -0.25) is 19.3 Å². The molecule has 0 bridgehead atoms. The molecule has 114 valence electrons. The molecule has 1 heterocycles. The van der Waals surface area contributed by atoms with Gasteiger partial charge in [-0.1, -0.05) is 12.1 Å². The number of aliphatic imine (C=N–C) groups is 1. The number of ether oxygens (including phenoxy) is 1. The highest BCUT2D eigenvalue weighted by Gasteiger charge is 2.09. The van der Waals surface area contributed by atoms with E-state index in [-0.39, 0.29) is 22.8 Å².